The molecule has 98 valence electrons. The largest absolute Gasteiger partial charge is 0.323 e. The second-order valence-corrected chi connectivity index (χ2v) is 5.38. The maximum Gasteiger partial charge on any atom is 0.240 e. The average Bonchev–Trinajstić information content (AvgIpc) is 2.55. The summed E-state index contributed by atoms with van der Waals surface area (Å²) in [5, 5.41) is 3.31. The molecule has 0 saturated carbocycles. The molecule has 0 aromatic carbocycles. The standard InChI is InChI=1S/C13H25N3O/c1-4-7-15-8-5-12(6-9-15)16-11(3)14-10(2)13(16)17/h10-12,14H,4-9H2,1-3H3. The molecule has 4 heteroatoms. The van der Waals surface area contributed by atoms with Crippen LogP contribution in [0.3, 0.4) is 0 Å². The van der Waals surface area contributed by atoms with Gasteiger partial charge in [0.05, 0.1) is 12.2 Å². The fourth-order valence-corrected chi connectivity index (χ4v) is 3.16. The Bertz CT molecular complexity index is 274. The Hall–Kier alpha value is -0.610. The number of piperidine rings is 1. The number of carbonyl (C=O) groups excluding carboxylic acids is 1. The normalized spacial score (nSPS) is 32.4. The summed E-state index contributed by atoms with van der Waals surface area (Å²) in [5.74, 6) is 0.284. The first kappa shape index (κ1) is 12.8. The van der Waals surface area contributed by atoms with Crippen molar-refractivity contribution in [2.75, 3.05) is 19.6 Å². The molecule has 0 aliphatic carbocycles. The van der Waals surface area contributed by atoms with Crippen LogP contribution in [0.4, 0.5) is 0 Å². The van der Waals surface area contributed by atoms with Gasteiger partial charge in [0.1, 0.15) is 0 Å². The molecule has 1 N–H and O–H groups in total. The van der Waals surface area contributed by atoms with Gasteiger partial charge in [-0.25, -0.2) is 0 Å². The zero-order chi connectivity index (χ0) is 12.4. The zero-order valence-corrected chi connectivity index (χ0v) is 11.3. The van der Waals surface area contributed by atoms with E-state index in [1.165, 1.54) is 13.0 Å². The number of likely N-dealkylation sites (tertiary alicyclic amines) is 1. The third kappa shape index (κ3) is 2.63. The van der Waals surface area contributed by atoms with E-state index in [4.69, 9.17) is 0 Å². The molecular formula is C13H25N3O. The highest BCUT2D eigenvalue weighted by Gasteiger charge is 2.38. The van der Waals surface area contributed by atoms with Crippen LogP contribution in [0.2, 0.25) is 0 Å². The Kier molecular flexibility index (Phi) is 4.05. The molecule has 2 aliphatic rings. The van der Waals surface area contributed by atoms with Crippen LogP contribution in [0.25, 0.3) is 0 Å². The van der Waals surface area contributed by atoms with Gasteiger partial charge in [-0.3, -0.25) is 10.1 Å². The highest BCUT2D eigenvalue weighted by Crippen LogP contribution is 2.22. The smallest absolute Gasteiger partial charge is 0.240 e. The van der Waals surface area contributed by atoms with Crippen molar-refractivity contribution in [2.45, 2.75) is 58.3 Å². The quantitative estimate of drug-likeness (QED) is 0.799. The summed E-state index contributed by atoms with van der Waals surface area (Å²) in [4.78, 5) is 16.7. The fraction of sp³-hybridized carbons (Fsp3) is 0.923. The van der Waals surface area contributed by atoms with Crippen molar-refractivity contribution >= 4 is 5.91 Å². The predicted octanol–water partition coefficient (Wildman–Crippen LogP) is 1.03. The maximum absolute atomic E-state index is 12.1. The minimum absolute atomic E-state index is 0.00123. The van der Waals surface area contributed by atoms with Gasteiger partial charge in [-0.2, -0.15) is 0 Å². The minimum atomic E-state index is -0.00123. The highest BCUT2D eigenvalue weighted by molar-refractivity contribution is 5.84. The van der Waals surface area contributed by atoms with Crippen molar-refractivity contribution in [3.05, 3.63) is 0 Å². The Labute approximate surface area is 104 Å². The van der Waals surface area contributed by atoms with Crippen molar-refractivity contribution < 1.29 is 4.79 Å². The van der Waals surface area contributed by atoms with Crippen LogP contribution >= 0.6 is 0 Å². The van der Waals surface area contributed by atoms with E-state index in [-0.39, 0.29) is 18.1 Å². The van der Waals surface area contributed by atoms with Gasteiger partial charge in [0.25, 0.3) is 0 Å². The molecule has 2 unspecified atom stereocenters. The number of amides is 1. The summed E-state index contributed by atoms with van der Waals surface area (Å²) in [6.45, 7) is 9.77. The topological polar surface area (TPSA) is 35.6 Å². The molecule has 0 aromatic heterocycles. The van der Waals surface area contributed by atoms with Crippen LogP contribution in [0, 0.1) is 0 Å². The second kappa shape index (κ2) is 5.36. The molecule has 0 bridgehead atoms. The maximum atomic E-state index is 12.1. The lowest BCUT2D eigenvalue weighted by atomic mass is 10.0. The van der Waals surface area contributed by atoms with E-state index in [1.807, 2.05) is 6.92 Å². The number of hydrogen-bond acceptors (Lipinski definition) is 3. The minimum Gasteiger partial charge on any atom is -0.323 e. The monoisotopic (exact) mass is 239 g/mol. The third-order valence-electron chi connectivity index (χ3n) is 4.02. The van der Waals surface area contributed by atoms with E-state index < -0.39 is 0 Å². The Balaban J connectivity index is 1.90. The van der Waals surface area contributed by atoms with Crippen molar-refractivity contribution in [2.24, 2.45) is 0 Å². The molecule has 0 aromatic rings. The molecule has 2 fully saturated rings. The molecule has 17 heavy (non-hydrogen) atoms. The second-order valence-electron chi connectivity index (χ2n) is 5.38. The van der Waals surface area contributed by atoms with Crippen molar-refractivity contribution in [3.8, 4) is 0 Å². The first-order valence-corrected chi connectivity index (χ1v) is 6.94. The summed E-state index contributed by atoms with van der Waals surface area (Å²) in [7, 11) is 0. The van der Waals surface area contributed by atoms with Crippen LogP contribution in [0.5, 0.6) is 0 Å². The number of carbonyl (C=O) groups is 1. The van der Waals surface area contributed by atoms with Gasteiger partial charge in [-0.05, 0) is 39.7 Å². The van der Waals surface area contributed by atoms with Crippen LogP contribution in [0.15, 0.2) is 0 Å². The lowest BCUT2D eigenvalue weighted by molar-refractivity contribution is -0.132. The Morgan fingerprint density at radius 3 is 2.41 bits per heavy atom. The molecule has 0 radical (unpaired) electrons. The van der Waals surface area contributed by atoms with Gasteiger partial charge in [0, 0.05) is 19.1 Å². The molecule has 1 amide bonds. The molecule has 2 rings (SSSR count). The highest BCUT2D eigenvalue weighted by atomic mass is 16.2. The van der Waals surface area contributed by atoms with Gasteiger partial charge >= 0.3 is 0 Å². The molecule has 0 spiro atoms. The zero-order valence-electron chi connectivity index (χ0n) is 11.3. The summed E-state index contributed by atoms with van der Waals surface area (Å²) >= 11 is 0. The lowest BCUT2D eigenvalue weighted by Gasteiger charge is -2.38. The van der Waals surface area contributed by atoms with Gasteiger partial charge < -0.3 is 9.80 Å². The first-order valence-electron chi connectivity index (χ1n) is 6.94. The third-order valence-corrected chi connectivity index (χ3v) is 4.02. The molecule has 2 atom stereocenters. The summed E-state index contributed by atoms with van der Waals surface area (Å²) in [6, 6.07) is 0.446. The van der Waals surface area contributed by atoms with E-state index in [1.54, 1.807) is 0 Å². The van der Waals surface area contributed by atoms with Crippen molar-refractivity contribution in [1.29, 1.82) is 0 Å². The predicted molar refractivity (Wildman–Crippen MR) is 68.7 cm³/mol. The molecule has 2 saturated heterocycles. The van der Waals surface area contributed by atoms with Gasteiger partial charge in [0.15, 0.2) is 0 Å². The molecular weight excluding hydrogens is 214 g/mol. The Morgan fingerprint density at radius 1 is 1.29 bits per heavy atom. The number of hydrogen-bond donors (Lipinski definition) is 1. The van der Waals surface area contributed by atoms with E-state index in [2.05, 4.69) is 29.0 Å². The van der Waals surface area contributed by atoms with E-state index in [9.17, 15) is 4.79 Å². The average molecular weight is 239 g/mol. The molecule has 2 aliphatic heterocycles. The fourth-order valence-electron chi connectivity index (χ4n) is 3.16. The van der Waals surface area contributed by atoms with Crippen LogP contribution in [-0.2, 0) is 4.79 Å². The van der Waals surface area contributed by atoms with Gasteiger partial charge in [0.2, 0.25) is 5.91 Å². The van der Waals surface area contributed by atoms with Crippen LogP contribution in [0.1, 0.15) is 40.0 Å². The Morgan fingerprint density at radius 2 is 1.94 bits per heavy atom. The number of rotatable bonds is 3. The van der Waals surface area contributed by atoms with E-state index >= 15 is 0 Å². The van der Waals surface area contributed by atoms with E-state index in [0.717, 1.165) is 25.9 Å². The van der Waals surface area contributed by atoms with Gasteiger partial charge in [-0.15, -0.1) is 0 Å². The first-order chi connectivity index (χ1) is 8.13. The lowest BCUT2D eigenvalue weighted by Crippen LogP contribution is -2.49. The van der Waals surface area contributed by atoms with Crippen LogP contribution in [-0.4, -0.2) is 53.6 Å². The van der Waals surface area contributed by atoms with Gasteiger partial charge in [-0.1, -0.05) is 6.92 Å². The van der Waals surface area contributed by atoms with Crippen molar-refractivity contribution in [3.63, 3.8) is 0 Å². The summed E-state index contributed by atoms with van der Waals surface area (Å²) in [5.41, 5.74) is 0. The SMILES string of the molecule is CCCN1CCC(N2C(=O)C(C)NC2C)CC1. The van der Waals surface area contributed by atoms with Crippen molar-refractivity contribution in [1.82, 2.24) is 15.1 Å². The van der Waals surface area contributed by atoms with E-state index in [0.29, 0.717) is 6.04 Å². The molecule has 2 heterocycles. The van der Waals surface area contributed by atoms with Crippen LogP contribution < -0.4 is 5.32 Å². The summed E-state index contributed by atoms with van der Waals surface area (Å²) in [6.07, 6.45) is 3.69. The summed E-state index contributed by atoms with van der Waals surface area (Å²) < 4.78 is 0. The number of nitrogens with zero attached hydrogens (tertiary/aromatic N) is 2. The molecule has 4 nitrogen and oxygen atoms in total. The number of nitrogens with one attached hydrogen (secondary N) is 1.